The van der Waals surface area contributed by atoms with Crippen LogP contribution in [0.5, 0.6) is 0 Å². The number of nitrogens with one attached hydrogen (secondary N) is 4. The molecule has 2 amide bonds. The molecule has 2 aliphatic rings. The Bertz CT molecular complexity index is 781. The molecule has 27 heavy (non-hydrogen) atoms. The highest BCUT2D eigenvalue weighted by atomic mass is 16.2. The second-order valence-corrected chi connectivity index (χ2v) is 6.65. The molecule has 0 unspecified atom stereocenters. The SMILES string of the molecule is CN(Cc1ccccn1)C(=O)/C(C=N)=C1\NC(=O)C=C(C2CCNCC2)N1. The van der Waals surface area contributed by atoms with E-state index < -0.39 is 0 Å². The Morgan fingerprint density at radius 3 is 2.78 bits per heavy atom. The minimum atomic E-state index is -0.356. The number of pyridine rings is 1. The van der Waals surface area contributed by atoms with Crippen LogP contribution in [-0.2, 0) is 16.1 Å². The molecule has 0 bridgehead atoms. The van der Waals surface area contributed by atoms with Gasteiger partial charge in [-0.15, -0.1) is 0 Å². The maximum absolute atomic E-state index is 12.8. The number of carbonyl (C=O) groups excluding carboxylic acids is 2. The number of likely N-dealkylation sites (N-methyl/N-ethyl adjacent to an activating group) is 1. The molecule has 3 heterocycles. The fraction of sp³-hybridized carbons (Fsp3) is 0.368. The molecule has 1 saturated heterocycles. The summed E-state index contributed by atoms with van der Waals surface area (Å²) in [5, 5.41) is 16.8. The Balaban J connectivity index is 1.78. The first-order valence-electron chi connectivity index (χ1n) is 8.99. The minimum absolute atomic E-state index is 0.112. The van der Waals surface area contributed by atoms with E-state index in [9.17, 15) is 9.59 Å². The van der Waals surface area contributed by atoms with Gasteiger partial charge in [0.25, 0.3) is 11.8 Å². The summed E-state index contributed by atoms with van der Waals surface area (Å²) in [4.78, 5) is 30.7. The second-order valence-electron chi connectivity index (χ2n) is 6.65. The first-order chi connectivity index (χ1) is 13.1. The van der Waals surface area contributed by atoms with E-state index >= 15 is 0 Å². The van der Waals surface area contributed by atoms with Gasteiger partial charge in [0.05, 0.1) is 17.8 Å². The van der Waals surface area contributed by atoms with E-state index in [1.54, 1.807) is 19.3 Å². The molecule has 0 aliphatic carbocycles. The molecule has 0 radical (unpaired) electrons. The van der Waals surface area contributed by atoms with Crippen molar-refractivity contribution >= 4 is 18.0 Å². The number of hydrogen-bond acceptors (Lipinski definition) is 6. The minimum Gasteiger partial charge on any atom is -0.344 e. The van der Waals surface area contributed by atoms with Crippen LogP contribution in [0.1, 0.15) is 18.5 Å². The summed E-state index contributed by atoms with van der Waals surface area (Å²) in [5.41, 5.74) is 1.66. The molecule has 142 valence electrons. The molecule has 1 aromatic heterocycles. The predicted octanol–water partition coefficient (Wildman–Crippen LogP) is 0.504. The first-order valence-corrected chi connectivity index (χ1v) is 8.99. The van der Waals surface area contributed by atoms with Crippen molar-refractivity contribution in [3.05, 3.63) is 53.3 Å². The fourth-order valence-electron chi connectivity index (χ4n) is 3.25. The van der Waals surface area contributed by atoms with Crippen LogP contribution in [0.15, 0.2) is 47.6 Å². The van der Waals surface area contributed by atoms with Gasteiger partial charge in [-0.05, 0) is 38.1 Å². The quantitative estimate of drug-likeness (QED) is 0.447. The Labute approximate surface area is 158 Å². The van der Waals surface area contributed by atoms with Crippen molar-refractivity contribution in [1.29, 1.82) is 5.41 Å². The van der Waals surface area contributed by atoms with Crippen LogP contribution in [0, 0.1) is 11.3 Å². The van der Waals surface area contributed by atoms with E-state index in [0.29, 0.717) is 6.54 Å². The van der Waals surface area contributed by atoms with E-state index in [2.05, 4.69) is 20.9 Å². The smallest absolute Gasteiger partial charge is 0.259 e. The van der Waals surface area contributed by atoms with E-state index in [4.69, 9.17) is 5.41 Å². The number of aromatic nitrogens is 1. The summed E-state index contributed by atoms with van der Waals surface area (Å²) in [6.07, 6.45) is 6.04. The molecular formula is C19H24N6O2. The third-order valence-corrected chi connectivity index (χ3v) is 4.70. The van der Waals surface area contributed by atoms with Gasteiger partial charge in [-0.2, -0.15) is 0 Å². The third kappa shape index (κ3) is 4.59. The molecule has 0 spiro atoms. The first kappa shape index (κ1) is 18.8. The summed E-state index contributed by atoms with van der Waals surface area (Å²) < 4.78 is 0. The number of rotatable bonds is 5. The lowest BCUT2D eigenvalue weighted by Crippen LogP contribution is -2.43. The Kier molecular flexibility index (Phi) is 5.97. The van der Waals surface area contributed by atoms with Gasteiger partial charge in [-0.25, -0.2) is 0 Å². The fourth-order valence-corrected chi connectivity index (χ4v) is 3.25. The van der Waals surface area contributed by atoms with Gasteiger partial charge in [0, 0.05) is 37.2 Å². The Morgan fingerprint density at radius 2 is 2.11 bits per heavy atom. The van der Waals surface area contributed by atoms with E-state index in [0.717, 1.165) is 43.5 Å². The number of allylic oxidation sites excluding steroid dienone is 1. The lowest BCUT2D eigenvalue weighted by atomic mass is 9.93. The summed E-state index contributed by atoms with van der Waals surface area (Å²) >= 11 is 0. The molecule has 0 saturated carbocycles. The van der Waals surface area contributed by atoms with Gasteiger partial charge in [0.2, 0.25) is 0 Å². The van der Waals surface area contributed by atoms with Crippen LogP contribution >= 0.6 is 0 Å². The maximum Gasteiger partial charge on any atom is 0.259 e. The number of amides is 2. The number of nitrogens with zero attached hydrogens (tertiary/aromatic N) is 2. The molecule has 1 aromatic rings. The Morgan fingerprint density at radius 1 is 1.33 bits per heavy atom. The monoisotopic (exact) mass is 368 g/mol. The van der Waals surface area contributed by atoms with E-state index in [1.807, 2.05) is 18.2 Å². The van der Waals surface area contributed by atoms with Crippen molar-refractivity contribution in [2.24, 2.45) is 5.92 Å². The maximum atomic E-state index is 12.8. The van der Waals surface area contributed by atoms with Gasteiger partial charge >= 0.3 is 0 Å². The van der Waals surface area contributed by atoms with Crippen molar-refractivity contribution < 1.29 is 9.59 Å². The van der Waals surface area contributed by atoms with Gasteiger partial charge in [-0.1, -0.05) is 6.07 Å². The highest BCUT2D eigenvalue weighted by Crippen LogP contribution is 2.22. The number of piperidine rings is 1. The van der Waals surface area contributed by atoms with Crippen LogP contribution in [0.4, 0.5) is 0 Å². The number of hydrogen-bond donors (Lipinski definition) is 4. The zero-order valence-corrected chi connectivity index (χ0v) is 15.3. The van der Waals surface area contributed by atoms with Crippen molar-refractivity contribution in [2.45, 2.75) is 19.4 Å². The second kappa shape index (κ2) is 8.59. The normalized spacial score (nSPS) is 19.4. The van der Waals surface area contributed by atoms with Crippen molar-refractivity contribution in [1.82, 2.24) is 25.8 Å². The van der Waals surface area contributed by atoms with E-state index in [1.165, 1.54) is 4.90 Å². The Hall–Kier alpha value is -3.00. The molecule has 0 aromatic carbocycles. The standard InChI is InChI=1S/C19H24N6O2/c1-25(12-14-4-2-3-7-22-14)19(27)15(11-20)18-23-16(10-17(26)24-18)13-5-8-21-9-6-13/h2-4,7,10-11,13,20-21,23H,5-6,8-9,12H2,1H3,(H,24,26)/b18-15-,20-11?. The van der Waals surface area contributed by atoms with Crippen LogP contribution < -0.4 is 16.0 Å². The van der Waals surface area contributed by atoms with Crippen LogP contribution in [0.25, 0.3) is 0 Å². The van der Waals surface area contributed by atoms with Crippen molar-refractivity contribution in [3.63, 3.8) is 0 Å². The third-order valence-electron chi connectivity index (χ3n) is 4.70. The molecule has 3 rings (SSSR count). The average molecular weight is 368 g/mol. The van der Waals surface area contributed by atoms with Crippen LogP contribution in [0.2, 0.25) is 0 Å². The predicted molar refractivity (Wildman–Crippen MR) is 101 cm³/mol. The lowest BCUT2D eigenvalue weighted by Gasteiger charge is -2.30. The molecule has 4 N–H and O–H groups in total. The zero-order valence-electron chi connectivity index (χ0n) is 15.3. The van der Waals surface area contributed by atoms with Gasteiger partial charge in [-0.3, -0.25) is 14.6 Å². The molecule has 0 atom stereocenters. The molecular weight excluding hydrogens is 344 g/mol. The molecule has 8 nitrogen and oxygen atoms in total. The molecule has 8 heteroatoms. The van der Waals surface area contributed by atoms with Gasteiger partial charge in [0.15, 0.2) is 0 Å². The number of carbonyl (C=O) groups is 2. The summed E-state index contributed by atoms with van der Waals surface area (Å²) in [6.45, 7) is 2.11. The topological polar surface area (TPSA) is 110 Å². The zero-order chi connectivity index (χ0) is 19.2. The van der Waals surface area contributed by atoms with Crippen molar-refractivity contribution in [2.75, 3.05) is 20.1 Å². The van der Waals surface area contributed by atoms with Gasteiger partial charge in [0.1, 0.15) is 5.82 Å². The lowest BCUT2D eigenvalue weighted by molar-refractivity contribution is -0.125. The average Bonchev–Trinajstić information content (AvgIpc) is 2.69. The van der Waals surface area contributed by atoms with Crippen molar-refractivity contribution in [3.8, 4) is 0 Å². The summed E-state index contributed by atoms with van der Waals surface area (Å²) in [7, 11) is 1.65. The van der Waals surface area contributed by atoms with Crippen LogP contribution in [0.3, 0.4) is 0 Å². The van der Waals surface area contributed by atoms with Gasteiger partial charge < -0.3 is 26.3 Å². The summed E-state index contributed by atoms with van der Waals surface area (Å²) in [6, 6.07) is 5.50. The molecule has 2 aliphatic heterocycles. The highest BCUT2D eigenvalue weighted by Gasteiger charge is 2.26. The van der Waals surface area contributed by atoms with Crippen LogP contribution in [-0.4, -0.2) is 48.1 Å². The molecule has 1 fully saturated rings. The largest absolute Gasteiger partial charge is 0.344 e. The highest BCUT2D eigenvalue weighted by molar-refractivity contribution is 6.12. The van der Waals surface area contributed by atoms with E-state index in [-0.39, 0.29) is 29.1 Å². The summed E-state index contributed by atoms with van der Waals surface area (Å²) in [5.74, 6) is -0.133.